The maximum Gasteiger partial charge on any atom is 0.254 e. The molecule has 3 aromatic carbocycles. The molecular weight excluding hydrogens is 440 g/mol. The van der Waals surface area contributed by atoms with E-state index in [9.17, 15) is 9.59 Å². The van der Waals surface area contributed by atoms with E-state index in [1.165, 1.54) is 0 Å². The topological polar surface area (TPSA) is 104 Å². The number of carbonyl (C=O) groups excluding carboxylic acids is 2. The van der Waals surface area contributed by atoms with Gasteiger partial charge in [-0.25, -0.2) is 0 Å². The summed E-state index contributed by atoms with van der Waals surface area (Å²) in [7, 11) is 0. The van der Waals surface area contributed by atoms with Gasteiger partial charge in [-0.2, -0.15) is 5.21 Å². The van der Waals surface area contributed by atoms with E-state index < -0.39 is 6.04 Å². The Morgan fingerprint density at radius 1 is 0.943 bits per heavy atom. The Balaban J connectivity index is 1.29. The second-order valence-electron chi connectivity index (χ2n) is 9.44. The molecule has 176 valence electrons. The van der Waals surface area contributed by atoms with Crippen LogP contribution in [-0.4, -0.2) is 49.4 Å². The third-order valence-corrected chi connectivity index (χ3v) is 7.36. The second kappa shape index (κ2) is 8.94. The van der Waals surface area contributed by atoms with E-state index in [4.69, 9.17) is 0 Å². The molecule has 0 unspecified atom stereocenters. The van der Waals surface area contributed by atoms with Crippen LogP contribution < -0.4 is 5.32 Å². The molecule has 1 saturated heterocycles. The van der Waals surface area contributed by atoms with Crippen LogP contribution >= 0.6 is 0 Å². The molecule has 2 amide bonds. The highest BCUT2D eigenvalue weighted by atomic mass is 16.2. The third kappa shape index (κ3) is 4.05. The summed E-state index contributed by atoms with van der Waals surface area (Å²) in [4.78, 5) is 29.3. The molecule has 6 rings (SSSR count). The fourth-order valence-electron chi connectivity index (χ4n) is 5.70. The Morgan fingerprint density at radius 3 is 2.66 bits per heavy atom. The van der Waals surface area contributed by atoms with Gasteiger partial charge in [0.15, 0.2) is 0 Å². The number of rotatable bonds is 4. The monoisotopic (exact) mass is 466 g/mol. The number of aromatic amines is 1. The molecular formula is C27H26N6O2. The summed E-state index contributed by atoms with van der Waals surface area (Å²) in [6, 6.07) is 20.8. The average Bonchev–Trinajstić information content (AvgIpc) is 3.57. The minimum atomic E-state index is -0.504. The van der Waals surface area contributed by atoms with E-state index in [1.807, 2.05) is 71.6 Å². The Labute approximate surface area is 202 Å². The number of nitrogens with one attached hydrogen (secondary N) is 2. The molecule has 1 aromatic heterocycles. The van der Waals surface area contributed by atoms with Gasteiger partial charge < -0.3 is 10.2 Å². The average molecular weight is 467 g/mol. The van der Waals surface area contributed by atoms with Gasteiger partial charge in [0.25, 0.3) is 5.91 Å². The lowest BCUT2D eigenvalue weighted by Gasteiger charge is -2.33. The van der Waals surface area contributed by atoms with Crippen molar-refractivity contribution in [2.24, 2.45) is 5.92 Å². The number of nitrogens with zero attached hydrogens (tertiary/aromatic N) is 4. The molecule has 8 nitrogen and oxygen atoms in total. The van der Waals surface area contributed by atoms with E-state index >= 15 is 0 Å². The highest BCUT2D eigenvalue weighted by Gasteiger charge is 2.47. The fraction of sp³-hybridized carbons (Fsp3) is 0.296. The number of carbonyl (C=O) groups is 2. The number of anilines is 1. The molecule has 1 saturated carbocycles. The largest absolute Gasteiger partial charge is 0.324 e. The van der Waals surface area contributed by atoms with Crippen molar-refractivity contribution < 1.29 is 9.59 Å². The molecule has 3 atom stereocenters. The summed E-state index contributed by atoms with van der Waals surface area (Å²) in [5.41, 5.74) is 2.03. The summed E-state index contributed by atoms with van der Waals surface area (Å²) >= 11 is 0. The highest BCUT2D eigenvalue weighted by Crippen LogP contribution is 2.41. The van der Waals surface area contributed by atoms with Crippen LogP contribution in [0.2, 0.25) is 0 Å². The number of aromatic nitrogens is 4. The maximum absolute atomic E-state index is 13.8. The van der Waals surface area contributed by atoms with Gasteiger partial charge in [0, 0.05) is 22.9 Å². The zero-order valence-electron chi connectivity index (χ0n) is 19.2. The number of likely N-dealkylation sites (tertiary alicyclic amines) is 1. The first-order chi connectivity index (χ1) is 17.2. The summed E-state index contributed by atoms with van der Waals surface area (Å²) in [6.07, 6.45) is 4.94. The van der Waals surface area contributed by atoms with E-state index in [1.54, 1.807) is 0 Å². The number of fused-ring (bicyclic) bond motifs is 2. The molecule has 4 aromatic rings. The van der Waals surface area contributed by atoms with Crippen molar-refractivity contribution in [3.8, 4) is 11.4 Å². The standard InChI is InChI=1S/C27H26N6O2/c34-26(28-22-10-5-9-20(15-22)25-29-31-32-30-25)24-16-19-8-3-4-11-23(19)33(24)27(35)21-13-12-17-6-1-2-7-18(17)14-21/h1-2,5-7,9-10,12-15,19,23-24H,3-4,8,11,16H2,(H,28,34)(H,29,30,31,32)/t19-,23-,24+/m1/s1. The number of amides is 2. The van der Waals surface area contributed by atoms with Gasteiger partial charge in [-0.15, -0.1) is 10.2 Å². The van der Waals surface area contributed by atoms with Gasteiger partial charge in [-0.05, 0) is 65.4 Å². The molecule has 8 heteroatoms. The molecule has 35 heavy (non-hydrogen) atoms. The number of H-pyrrole nitrogens is 1. The minimum absolute atomic E-state index is 0.0640. The predicted molar refractivity (Wildman–Crippen MR) is 133 cm³/mol. The Hall–Kier alpha value is -4.07. The van der Waals surface area contributed by atoms with E-state index in [0.717, 1.165) is 42.0 Å². The van der Waals surface area contributed by atoms with Crippen molar-refractivity contribution in [1.29, 1.82) is 0 Å². The highest BCUT2D eigenvalue weighted by molar-refractivity contribution is 6.03. The number of hydrogen-bond donors (Lipinski definition) is 2. The first-order valence-electron chi connectivity index (χ1n) is 12.1. The zero-order chi connectivity index (χ0) is 23.8. The van der Waals surface area contributed by atoms with Gasteiger partial charge in [-0.1, -0.05) is 55.3 Å². The molecule has 1 aliphatic heterocycles. The lowest BCUT2D eigenvalue weighted by Crippen LogP contribution is -2.47. The molecule has 0 bridgehead atoms. The van der Waals surface area contributed by atoms with Crippen molar-refractivity contribution in [3.05, 3.63) is 72.3 Å². The SMILES string of the molecule is O=C(Nc1cccc(-c2nn[nH]n2)c1)[C@@H]1C[C@H]2CCCC[C@H]2N1C(=O)c1ccc2ccccc2c1. The molecule has 2 fully saturated rings. The summed E-state index contributed by atoms with van der Waals surface area (Å²) in [5.74, 6) is 0.598. The Morgan fingerprint density at radius 2 is 1.80 bits per heavy atom. The molecule has 0 radical (unpaired) electrons. The summed E-state index contributed by atoms with van der Waals surface area (Å²) in [6.45, 7) is 0. The first-order valence-corrected chi connectivity index (χ1v) is 12.1. The molecule has 0 spiro atoms. The second-order valence-corrected chi connectivity index (χ2v) is 9.44. The Kier molecular flexibility index (Phi) is 5.48. The Bertz CT molecular complexity index is 1390. The van der Waals surface area contributed by atoms with Crippen LogP contribution in [0, 0.1) is 5.92 Å². The first kappa shape index (κ1) is 21.5. The van der Waals surface area contributed by atoms with Crippen molar-refractivity contribution in [2.75, 3.05) is 5.32 Å². The van der Waals surface area contributed by atoms with Crippen LogP contribution in [0.4, 0.5) is 5.69 Å². The quantitative estimate of drug-likeness (QED) is 0.463. The molecule has 1 aliphatic carbocycles. The van der Waals surface area contributed by atoms with E-state index in [-0.39, 0.29) is 17.9 Å². The molecule has 2 aliphatic rings. The van der Waals surface area contributed by atoms with Gasteiger partial charge in [0.05, 0.1) is 0 Å². The van der Waals surface area contributed by atoms with Gasteiger partial charge in [0.1, 0.15) is 6.04 Å². The van der Waals surface area contributed by atoms with Crippen LogP contribution in [0.5, 0.6) is 0 Å². The number of tetrazole rings is 1. The van der Waals surface area contributed by atoms with Crippen molar-refractivity contribution in [2.45, 2.75) is 44.2 Å². The van der Waals surface area contributed by atoms with Crippen LogP contribution in [0.25, 0.3) is 22.2 Å². The normalized spacial score (nSPS) is 21.6. The lowest BCUT2D eigenvalue weighted by molar-refractivity contribution is -0.120. The summed E-state index contributed by atoms with van der Waals surface area (Å²) < 4.78 is 0. The van der Waals surface area contributed by atoms with Gasteiger partial charge in [0.2, 0.25) is 11.7 Å². The van der Waals surface area contributed by atoms with E-state index in [2.05, 4.69) is 25.9 Å². The van der Waals surface area contributed by atoms with Gasteiger partial charge in [-0.3, -0.25) is 9.59 Å². The lowest BCUT2D eigenvalue weighted by atomic mass is 9.84. The minimum Gasteiger partial charge on any atom is -0.324 e. The van der Waals surface area contributed by atoms with Crippen molar-refractivity contribution >= 4 is 28.3 Å². The van der Waals surface area contributed by atoms with Crippen LogP contribution in [0.1, 0.15) is 42.5 Å². The maximum atomic E-state index is 13.8. The number of benzene rings is 3. The summed E-state index contributed by atoms with van der Waals surface area (Å²) in [5, 5.41) is 19.2. The smallest absolute Gasteiger partial charge is 0.254 e. The van der Waals surface area contributed by atoms with Crippen molar-refractivity contribution in [1.82, 2.24) is 25.5 Å². The van der Waals surface area contributed by atoms with E-state index in [0.29, 0.717) is 29.4 Å². The van der Waals surface area contributed by atoms with Gasteiger partial charge >= 0.3 is 0 Å². The van der Waals surface area contributed by atoms with Crippen LogP contribution in [-0.2, 0) is 4.79 Å². The number of hydrogen-bond acceptors (Lipinski definition) is 5. The van der Waals surface area contributed by atoms with Crippen LogP contribution in [0.3, 0.4) is 0 Å². The van der Waals surface area contributed by atoms with Crippen molar-refractivity contribution in [3.63, 3.8) is 0 Å². The molecule has 2 N–H and O–H groups in total. The zero-order valence-corrected chi connectivity index (χ0v) is 19.2. The fourth-order valence-corrected chi connectivity index (χ4v) is 5.70. The third-order valence-electron chi connectivity index (χ3n) is 7.36. The predicted octanol–water partition coefficient (Wildman–Crippen LogP) is 4.43. The van der Waals surface area contributed by atoms with Crippen LogP contribution in [0.15, 0.2) is 66.7 Å². The molecule has 2 heterocycles.